The van der Waals surface area contributed by atoms with Crippen LogP contribution in [0.5, 0.6) is 0 Å². The average Bonchev–Trinajstić information content (AvgIpc) is 3.48. The number of amides is 1. The number of nitrogens with one attached hydrogen (secondary N) is 1. The van der Waals surface area contributed by atoms with Crippen LogP contribution in [0.3, 0.4) is 0 Å². The summed E-state index contributed by atoms with van der Waals surface area (Å²) < 4.78 is 16.5. The Morgan fingerprint density at radius 3 is 2.81 bits per heavy atom. The molecular weight excluding hydrogens is 430 g/mol. The zero-order chi connectivity index (χ0) is 22.5. The number of thioether (sulfide) groups is 1. The zero-order valence-corrected chi connectivity index (χ0v) is 19.0. The minimum Gasteiger partial charge on any atom is -0.467 e. The molecule has 9 heteroatoms. The lowest BCUT2D eigenvalue weighted by molar-refractivity contribution is -0.125. The van der Waals surface area contributed by atoms with E-state index < -0.39 is 11.3 Å². The molecule has 1 fully saturated rings. The lowest BCUT2D eigenvalue weighted by Gasteiger charge is -2.24. The second-order valence-corrected chi connectivity index (χ2v) is 9.20. The maximum Gasteiger partial charge on any atom is 0.257 e. The van der Waals surface area contributed by atoms with Gasteiger partial charge in [-0.2, -0.15) is 0 Å². The number of hydrogen-bond acceptors (Lipinski definition) is 8. The highest BCUT2D eigenvalue weighted by atomic mass is 32.2. The number of Topliss-reactive ketones (excluding diaryl/α,β-unsaturated/α-hetero) is 1. The standard InChI is InChI=1S/C23H27N3O5S/c1-14(2)31-13-17-12-16(5-8-24-17)22(28)26-23-25-19(18-4-3-9-30-18)21(32-23)20(27)15-6-10-29-11-7-15/h3-5,8-9,12,14-15,19,21H,6-7,10-11,13H2,1-2H3,(H,25,26,28). The summed E-state index contributed by atoms with van der Waals surface area (Å²) >= 11 is 1.29. The van der Waals surface area contributed by atoms with Crippen molar-refractivity contribution in [1.29, 1.82) is 0 Å². The van der Waals surface area contributed by atoms with Gasteiger partial charge in [-0.15, -0.1) is 0 Å². The lowest BCUT2D eigenvalue weighted by Crippen LogP contribution is -2.33. The van der Waals surface area contributed by atoms with Crippen LogP contribution in [-0.2, 0) is 20.9 Å². The molecule has 4 rings (SSSR count). The molecule has 8 nitrogen and oxygen atoms in total. The van der Waals surface area contributed by atoms with Crippen molar-refractivity contribution < 1.29 is 23.5 Å². The minimum atomic E-state index is -0.465. The van der Waals surface area contributed by atoms with Crippen molar-refractivity contribution in [1.82, 2.24) is 10.3 Å². The summed E-state index contributed by atoms with van der Waals surface area (Å²) in [7, 11) is 0. The molecule has 2 aromatic heterocycles. The number of aliphatic imine (C=N–C) groups is 1. The Morgan fingerprint density at radius 2 is 2.09 bits per heavy atom. The summed E-state index contributed by atoms with van der Waals surface area (Å²) in [5.74, 6) is 0.378. The monoisotopic (exact) mass is 457 g/mol. The quantitative estimate of drug-likeness (QED) is 0.678. The number of rotatable bonds is 7. The fourth-order valence-electron chi connectivity index (χ4n) is 3.69. The van der Waals surface area contributed by atoms with Gasteiger partial charge in [0.15, 0.2) is 11.0 Å². The van der Waals surface area contributed by atoms with Gasteiger partial charge in [0.25, 0.3) is 5.91 Å². The molecule has 0 aliphatic carbocycles. The van der Waals surface area contributed by atoms with Crippen molar-refractivity contribution in [3.63, 3.8) is 0 Å². The predicted octanol–water partition coefficient (Wildman–Crippen LogP) is 3.54. The second kappa shape index (κ2) is 10.4. The van der Waals surface area contributed by atoms with Gasteiger partial charge in [-0.25, -0.2) is 4.99 Å². The fourth-order valence-corrected chi connectivity index (χ4v) is 4.89. The maximum absolute atomic E-state index is 13.3. The first-order valence-corrected chi connectivity index (χ1v) is 11.7. The molecule has 1 N–H and O–H groups in total. The van der Waals surface area contributed by atoms with E-state index in [-0.39, 0.29) is 23.7 Å². The molecule has 2 aromatic rings. The van der Waals surface area contributed by atoms with Crippen molar-refractivity contribution in [2.24, 2.45) is 10.9 Å². The van der Waals surface area contributed by atoms with Crippen LogP contribution < -0.4 is 5.32 Å². The number of amidine groups is 1. The first-order valence-electron chi connectivity index (χ1n) is 10.8. The van der Waals surface area contributed by atoms with Crippen LogP contribution in [-0.4, -0.2) is 46.4 Å². The molecule has 32 heavy (non-hydrogen) atoms. The van der Waals surface area contributed by atoms with E-state index in [0.717, 1.165) is 0 Å². The van der Waals surface area contributed by atoms with Crippen molar-refractivity contribution in [3.8, 4) is 0 Å². The molecule has 0 saturated carbocycles. The summed E-state index contributed by atoms with van der Waals surface area (Å²) in [6.45, 7) is 5.40. The molecule has 2 unspecified atom stereocenters. The zero-order valence-electron chi connectivity index (χ0n) is 18.2. The third-order valence-corrected chi connectivity index (χ3v) is 6.56. The Bertz CT molecular complexity index is 970. The minimum absolute atomic E-state index is 0.0623. The van der Waals surface area contributed by atoms with Crippen LogP contribution in [0, 0.1) is 5.92 Å². The Balaban J connectivity index is 1.47. The van der Waals surface area contributed by atoms with E-state index in [1.165, 1.54) is 11.8 Å². The number of carbonyl (C=O) groups is 2. The molecule has 2 atom stereocenters. The fraction of sp³-hybridized carbons (Fsp3) is 0.478. The van der Waals surface area contributed by atoms with Gasteiger partial charge >= 0.3 is 0 Å². The Morgan fingerprint density at radius 1 is 1.28 bits per heavy atom. The van der Waals surface area contributed by atoms with E-state index in [4.69, 9.17) is 13.9 Å². The third kappa shape index (κ3) is 5.46. The largest absolute Gasteiger partial charge is 0.467 e. The van der Waals surface area contributed by atoms with Crippen molar-refractivity contribution in [2.45, 2.75) is 50.7 Å². The molecule has 1 saturated heterocycles. The Hall–Kier alpha value is -2.49. The van der Waals surface area contributed by atoms with Gasteiger partial charge in [0.1, 0.15) is 17.1 Å². The topological polar surface area (TPSA) is 103 Å². The molecule has 2 aliphatic heterocycles. The van der Waals surface area contributed by atoms with Crippen molar-refractivity contribution in [3.05, 3.63) is 53.7 Å². The summed E-state index contributed by atoms with van der Waals surface area (Å²) in [6.07, 6.45) is 4.64. The Kier molecular flexibility index (Phi) is 7.39. The molecule has 4 heterocycles. The maximum atomic E-state index is 13.3. The average molecular weight is 458 g/mol. The van der Waals surface area contributed by atoms with Gasteiger partial charge in [-0.3, -0.25) is 14.6 Å². The van der Waals surface area contributed by atoms with Gasteiger partial charge in [0, 0.05) is 30.9 Å². The van der Waals surface area contributed by atoms with E-state index in [1.807, 2.05) is 19.9 Å². The lowest BCUT2D eigenvalue weighted by atomic mass is 9.90. The normalized spacial score (nSPS) is 21.5. The number of furan rings is 1. The van der Waals surface area contributed by atoms with Gasteiger partial charge in [0.05, 0.1) is 24.7 Å². The van der Waals surface area contributed by atoms with Crippen molar-refractivity contribution >= 4 is 28.6 Å². The number of pyridine rings is 1. The number of ketones is 1. The smallest absolute Gasteiger partial charge is 0.257 e. The molecule has 170 valence electrons. The summed E-state index contributed by atoms with van der Waals surface area (Å²) in [4.78, 5) is 35.0. The van der Waals surface area contributed by atoms with Crippen LogP contribution in [0.1, 0.15) is 54.5 Å². The number of nitrogens with zero attached hydrogens (tertiary/aromatic N) is 2. The van der Waals surface area contributed by atoms with Gasteiger partial charge in [0.2, 0.25) is 0 Å². The van der Waals surface area contributed by atoms with Gasteiger partial charge in [-0.1, -0.05) is 11.8 Å². The number of aromatic nitrogens is 1. The first kappa shape index (κ1) is 22.7. The van der Waals surface area contributed by atoms with Crippen LogP contribution in [0.25, 0.3) is 0 Å². The van der Waals surface area contributed by atoms with Gasteiger partial charge in [-0.05, 0) is 51.0 Å². The van der Waals surface area contributed by atoms with Crippen LogP contribution in [0.15, 0.2) is 46.1 Å². The van der Waals surface area contributed by atoms with E-state index in [1.54, 1.807) is 30.7 Å². The van der Waals surface area contributed by atoms with Crippen LogP contribution in [0.4, 0.5) is 0 Å². The Labute approximate surface area is 191 Å². The van der Waals surface area contributed by atoms with E-state index in [9.17, 15) is 9.59 Å². The summed E-state index contributed by atoms with van der Waals surface area (Å²) in [5, 5.41) is 2.83. The molecule has 0 spiro atoms. The number of ether oxygens (including phenoxy) is 2. The highest BCUT2D eigenvalue weighted by molar-refractivity contribution is 8.15. The highest BCUT2D eigenvalue weighted by Crippen LogP contribution is 2.40. The molecule has 0 aromatic carbocycles. The van der Waals surface area contributed by atoms with E-state index in [0.29, 0.717) is 54.8 Å². The molecular formula is C23H27N3O5S. The van der Waals surface area contributed by atoms with Crippen LogP contribution >= 0.6 is 11.8 Å². The molecule has 2 aliphatic rings. The van der Waals surface area contributed by atoms with Crippen molar-refractivity contribution in [2.75, 3.05) is 13.2 Å². The molecule has 0 bridgehead atoms. The van der Waals surface area contributed by atoms with Gasteiger partial charge < -0.3 is 19.2 Å². The first-order chi connectivity index (χ1) is 15.5. The third-order valence-electron chi connectivity index (χ3n) is 5.38. The summed E-state index contributed by atoms with van der Waals surface area (Å²) in [6, 6.07) is 6.47. The predicted molar refractivity (Wildman–Crippen MR) is 120 cm³/mol. The second-order valence-electron chi connectivity index (χ2n) is 8.07. The SMILES string of the molecule is CC(C)OCc1cc(C(=O)NC2=NC(c3ccco3)C(C(=O)C3CCOCC3)S2)ccn1. The molecule has 0 radical (unpaired) electrons. The number of hydrogen-bond donors (Lipinski definition) is 1. The number of carbonyl (C=O) groups excluding carboxylic acids is 2. The highest BCUT2D eigenvalue weighted by Gasteiger charge is 2.41. The molecule has 1 amide bonds. The van der Waals surface area contributed by atoms with Crippen LogP contribution in [0.2, 0.25) is 0 Å². The van der Waals surface area contributed by atoms with E-state index >= 15 is 0 Å². The van der Waals surface area contributed by atoms with E-state index in [2.05, 4.69) is 15.3 Å². The summed E-state index contributed by atoms with van der Waals surface area (Å²) in [5.41, 5.74) is 1.13.